The van der Waals surface area contributed by atoms with E-state index in [1.165, 1.54) is 22.8 Å². The lowest BCUT2D eigenvalue weighted by Gasteiger charge is -2.28. The monoisotopic (exact) mass is 652 g/mol. The molecule has 1 aromatic heterocycles. The zero-order valence-corrected chi connectivity index (χ0v) is 27.6. The van der Waals surface area contributed by atoms with Gasteiger partial charge in [0.15, 0.2) is 11.2 Å². The Bertz CT molecular complexity index is 1820. The normalized spacial score (nSPS) is 17.1. The molecule has 4 aromatic rings. The SMILES string of the molecule is CCCOc1ccc2oc(C(=O)N[C@@H](C=C3CCC(c4ccccc4CN4CCCC4=O)CC3)Cc3ccc(Cl)cc3)cc(=O)c2c1. The number of likely N-dealkylation sites (tertiary alicyclic amines) is 1. The van der Waals surface area contributed by atoms with Gasteiger partial charge in [-0.05, 0) is 97.9 Å². The van der Waals surface area contributed by atoms with Crippen molar-refractivity contribution in [2.75, 3.05) is 13.2 Å². The van der Waals surface area contributed by atoms with E-state index in [1.807, 2.05) is 36.1 Å². The van der Waals surface area contributed by atoms with Crippen molar-refractivity contribution >= 4 is 34.4 Å². The molecule has 6 rings (SSSR count). The van der Waals surface area contributed by atoms with Crippen LogP contribution in [0.5, 0.6) is 5.75 Å². The summed E-state index contributed by atoms with van der Waals surface area (Å²) in [6.07, 6.45) is 9.03. The summed E-state index contributed by atoms with van der Waals surface area (Å²) in [6.45, 7) is 4.09. The summed E-state index contributed by atoms with van der Waals surface area (Å²) in [6, 6.07) is 22.2. The number of carbonyl (C=O) groups is 2. The van der Waals surface area contributed by atoms with Crippen molar-refractivity contribution in [3.05, 3.63) is 122 Å². The largest absolute Gasteiger partial charge is 0.494 e. The van der Waals surface area contributed by atoms with Gasteiger partial charge in [0, 0.05) is 30.6 Å². The van der Waals surface area contributed by atoms with Crippen LogP contribution in [0.1, 0.15) is 85.0 Å². The molecule has 0 unspecified atom stereocenters. The second kappa shape index (κ2) is 15.0. The zero-order chi connectivity index (χ0) is 32.8. The molecule has 2 amide bonds. The highest BCUT2D eigenvalue weighted by atomic mass is 35.5. The molecule has 47 heavy (non-hydrogen) atoms. The molecule has 1 saturated heterocycles. The second-order valence-electron chi connectivity index (χ2n) is 12.6. The number of benzene rings is 3. The van der Waals surface area contributed by atoms with E-state index in [9.17, 15) is 14.4 Å². The number of ether oxygens (including phenoxy) is 1. The third-order valence-electron chi connectivity index (χ3n) is 9.17. The topological polar surface area (TPSA) is 88.8 Å². The molecule has 8 heteroatoms. The van der Waals surface area contributed by atoms with Crippen LogP contribution in [-0.4, -0.2) is 35.9 Å². The third-order valence-corrected chi connectivity index (χ3v) is 9.42. The minimum atomic E-state index is -0.440. The van der Waals surface area contributed by atoms with Crippen molar-refractivity contribution in [3.8, 4) is 5.75 Å². The van der Waals surface area contributed by atoms with Crippen LogP contribution in [-0.2, 0) is 17.8 Å². The first-order chi connectivity index (χ1) is 22.9. The van der Waals surface area contributed by atoms with Crippen molar-refractivity contribution in [3.63, 3.8) is 0 Å². The molecule has 3 aromatic carbocycles. The number of nitrogens with one attached hydrogen (secondary N) is 1. The Kier molecular flexibility index (Phi) is 10.4. The predicted molar refractivity (Wildman–Crippen MR) is 185 cm³/mol. The van der Waals surface area contributed by atoms with E-state index >= 15 is 0 Å². The van der Waals surface area contributed by atoms with Crippen LogP contribution in [0.3, 0.4) is 0 Å². The Labute approximate surface area is 280 Å². The van der Waals surface area contributed by atoms with Gasteiger partial charge < -0.3 is 19.4 Å². The average Bonchev–Trinajstić information content (AvgIpc) is 3.49. The van der Waals surface area contributed by atoms with Crippen LogP contribution in [0.2, 0.25) is 5.02 Å². The minimum absolute atomic E-state index is 0.0268. The summed E-state index contributed by atoms with van der Waals surface area (Å²) in [7, 11) is 0. The molecular formula is C39H41ClN2O5. The number of allylic oxidation sites excluding steroid dienone is 1. The van der Waals surface area contributed by atoms with E-state index in [0.29, 0.717) is 53.7 Å². The molecule has 2 aliphatic rings. The number of amides is 2. The van der Waals surface area contributed by atoms with E-state index in [0.717, 1.165) is 50.6 Å². The Balaban J connectivity index is 1.18. The first-order valence-corrected chi connectivity index (χ1v) is 17.0. The standard InChI is InChI=1S/C39H41ClN2O5/c1-2-20-46-32-17-18-36-34(23-32)35(43)24-37(47-36)39(45)41-31(22-27-11-15-30(40)16-12-27)21-26-9-13-28(14-10-26)33-7-4-3-6-29(33)25-42-19-5-8-38(42)44/h3-4,6-7,11-12,15-18,21,23-24,28,31H,2,5,8-10,13-14,19-20,22,25H2,1H3,(H,41,45)/t28?,31-/m0/s1. The van der Waals surface area contributed by atoms with Gasteiger partial charge in [0.2, 0.25) is 5.91 Å². The molecule has 7 nitrogen and oxygen atoms in total. The van der Waals surface area contributed by atoms with E-state index in [4.69, 9.17) is 20.8 Å². The molecule has 1 aliphatic carbocycles. The second-order valence-corrected chi connectivity index (χ2v) is 13.0. The van der Waals surface area contributed by atoms with Gasteiger partial charge in [-0.2, -0.15) is 0 Å². The van der Waals surface area contributed by atoms with Crippen molar-refractivity contribution in [1.82, 2.24) is 10.2 Å². The molecular weight excluding hydrogens is 612 g/mol. The molecule has 0 spiro atoms. The lowest BCUT2D eigenvalue weighted by molar-refractivity contribution is -0.128. The van der Waals surface area contributed by atoms with Crippen molar-refractivity contribution in [2.45, 2.75) is 76.8 Å². The van der Waals surface area contributed by atoms with Gasteiger partial charge in [-0.25, -0.2) is 0 Å². The lowest BCUT2D eigenvalue weighted by Crippen LogP contribution is -2.36. The molecule has 1 N–H and O–H groups in total. The number of hydrogen-bond donors (Lipinski definition) is 1. The van der Waals surface area contributed by atoms with Crippen LogP contribution in [0.15, 0.2) is 93.7 Å². The first kappa shape index (κ1) is 32.6. The smallest absolute Gasteiger partial charge is 0.287 e. The fourth-order valence-electron chi connectivity index (χ4n) is 6.73. The minimum Gasteiger partial charge on any atom is -0.494 e. The molecule has 1 aliphatic heterocycles. The molecule has 244 valence electrons. The lowest BCUT2D eigenvalue weighted by atomic mass is 9.79. The predicted octanol–water partition coefficient (Wildman–Crippen LogP) is 7.98. The van der Waals surface area contributed by atoms with E-state index in [1.54, 1.807) is 18.2 Å². The fourth-order valence-corrected chi connectivity index (χ4v) is 6.85. The Hall–Kier alpha value is -4.36. The molecule has 1 saturated carbocycles. The van der Waals surface area contributed by atoms with Crippen LogP contribution >= 0.6 is 11.6 Å². The highest BCUT2D eigenvalue weighted by Gasteiger charge is 2.25. The first-order valence-electron chi connectivity index (χ1n) is 16.7. The van der Waals surface area contributed by atoms with Crippen molar-refractivity contribution in [1.29, 1.82) is 0 Å². The van der Waals surface area contributed by atoms with Crippen LogP contribution in [0.4, 0.5) is 0 Å². The van der Waals surface area contributed by atoms with Crippen LogP contribution in [0.25, 0.3) is 11.0 Å². The Morgan fingerprint density at radius 1 is 1.04 bits per heavy atom. The molecule has 0 radical (unpaired) electrons. The molecule has 0 bridgehead atoms. The Morgan fingerprint density at radius 3 is 2.57 bits per heavy atom. The summed E-state index contributed by atoms with van der Waals surface area (Å²) >= 11 is 6.14. The quantitative estimate of drug-likeness (QED) is 0.166. The van der Waals surface area contributed by atoms with E-state index in [-0.39, 0.29) is 23.1 Å². The van der Waals surface area contributed by atoms with Gasteiger partial charge in [-0.3, -0.25) is 14.4 Å². The van der Waals surface area contributed by atoms with Crippen molar-refractivity contribution in [2.24, 2.45) is 0 Å². The fraction of sp³-hybridized carbons (Fsp3) is 0.359. The average molecular weight is 653 g/mol. The summed E-state index contributed by atoms with van der Waals surface area (Å²) in [5, 5.41) is 4.16. The zero-order valence-electron chi connectivity index (χ0n) is 26.8. The Morgan fingerprint density at radius 2 is 1.83 bits per heavy atom. The van der Waals surface area contributed by atoms with Crippen molar-refractivity contribution < 1.29 is 18.7 Å². The highest BCUT2D eigenvalue weighted by molar-refractivity contribution is 6.30. The van der Waals surface area contributed by atoms with E-state index in [2.05, 4.69) is 35.7 Å². The number of nitrogens with zero attached hydrogens (tertiary/aromatic N) is 1. The van der Waals surface area contributed by atoms with Crippen LogP contribution < -0.4 is 15.5 Å². The molecule has 2 fully saturated rings. The number of halogens is 1. The number of fused-ring (bicyclic) bond motifs is 1. The van der Waals surface area contributed by atoms with Gasteiger partial charge in [0.25, 0.3) is 5.91 Å². The van der Waals surface area contributed by atoms with Gasteiger partial charge in [0.05, 0.1) is 18.0 Å². The van der Waals surface area contributed by atoms with Gasteiger partial charge >= 0.3 is 0 Å². The summed E-state index contributed by atoms with van der Waals surface area (Å²) < 4.78 is 11.6. The van der Waals surface area contributed by atoms with Crippen LogP contribution in [0, 0.1) is 0 Å². The highest BCUT2D eigenvalue weighted by Crippen LogP contribution is 2.38. The number of hydrogen-bond acceptors (Lipinski definition) is 5. The number of rotatable bonds is 11. The van der Waals surface area contributed by atoms with E-state index < -0.39 is 5.91 Å². The molecule has 1 atom stereocenters. The maximum Gasteiger partial charge on any atom is 0.287 e. The summed E-state index contributed by atoms with van der Waals surface area (Å²) in [5.41, 5.74) is 4.97. The molecule has 2 heterocycles. The maximum atomic E-state index is 13.5. The van der Waals surface area contributed by atoms with Gasteiger partial charge in [-0.1, -0.05) is 66.6 Å². The third kappa shape index (κ3) is 8.14. The van der Waals surface area contributed by atoms with Gasteiger partial charge in [0.1, 0.15) is 11.3 Å². The number of carbonyl (C=O) groups excluding carboxylic acids is 2. The summed E-state index contributed by atoms with van der Waals surface area (Å²) in [5.74, 6) is 0.798. The van der Waals surface area contributed by atoms with Gasteiger partial charge in [-0.15, -0.1) is 0 Å². The maximum absolute atomic E-state index is 13.5. The summed E-state index contributed by atoms with van der Waals surface area (Å²) in [4.78, 5) is 40.8.